The third-order valence-corrected chi connectivity index (χ3v) is 6.95. The number of nitrogens with one attached hydrogen (secondary N) is 1. The van der Waals surface area contributed by atoms with Gasteiger partial charge in [-0.2, -0.15) is 0 Å². The van der Waals surface area contributed by atoms with Crippen LogP contribution in [-0.2, 0) is 24.7 Å². The molecular formula is C27H23FN2O6. The van der Waals surface area contributed by atoms with Crippen LogP contribution in [0.5, 0.6) is 11.5 Å². The van der Waals surface area contributed by atoms with Gasteiger partial charge in [0.05, 0.1) is 31.7 Å². The molecule has 0 aromatic heterocycles. The molecule has 9 heteroatoms. The third kappa shape index (κ3) is 3.27. The first-order chi connectivity index (χ1) is 17.3. The fourth-order valence-electron chi connectivity index (χ4n) is 5.38. The number of esters is 1. The minimum atomic E-state index is -1.73. The van der Waals surface area contributed by atoms with E-state index in [1.54, 1.807) is 36.4 Å². The number of anilines is 1. The number of para-hydroxylation sites is 1. The lowest BCUT2D eigenvalue weighted by Crippen LogP contribution is -2.53. The molecule has 8 nitrogen and oxygen atoms in total. The van der Waals surface area contributed by atoms with Gasteiger partial charge >= 0.3 is 5.97 Å². The van der Waals surface area contributed by atoms with Gasteiger partial charge in [-0.25, -0.2) is 14.1 Å². The average molecular weight is 490 g/mol. The van der Waals surface area contributed by atoms with Crippen molar-refractivity contribution in [1.29, 1.82) is 0 Å². The number of rotatable bonds is 5. The Kier molecular flexibility index (Phi) is 5.72. The first kappa shape index (κ1) is 23.5. The Hall–Kier alpha value is -4.24. The molecule has 2 saturated heterocycles. The molecule has 0 radical (unpaired) electrons. The molecule has 2 aliphatic heterocycles. The SMILES string of the molecule is COC(=O)[C@@]1(c2ccccc2)N[C@@H](c2ccc(O)c(OC)c2)[C@@H]2C(=O)N(c3ccccc3F)C(=O)[C@H]21. The summed E-state index contributed by atoms with van der Waals surface area (Å²) in [6, 6.07) is 17.7. The average Bonchev–Trinajstić information content (AvgIpc) is 3.39. The van der Waals surface area contributed by atoms with Gasteiger partial charge in [-0.3, -0.25) is 14.9 Å². The second kappa shape index (κ2) is 8.76. The largest absolute Gasteiger partial charge is 0.504 e. The number of phenols is 1. The highest BCUT2D eigenvalue weighted by Crippen LogP contribution is 2.54. The summed E-state index contributed by atoms with van der Waals surface area (Å²) in [5.74, 6) is -5.13. The highest BCUT2D eigenvalue weighted by atomic mass is 19.1. The molecule has 0 bridgehead atoms. The van der Waals surface area contributed by atoms with E-state index >= 15 is 0 Å². The highest BCUT2D eigenvalue weighted by Gasteiger charge is 2.70. The van der Waals surface area contributed by atoms with E-state index in [0.717, 1.165) is 11.0 Å². The number of nitrogens with zero attached hydrogens (tertiary/aromatic N) is 1. The summed E-state index contributed by atoms with van der Waals surface area (Å²) < 4.78 is 25.2. The molecule has 0 unspecified atom stereocenters. The summed E-state index contributed by atoms with van der Waals surface area (Å²) >= 11 is 0. The number of aromatic hydroxyl groups is 1. The quantitative estimate of drug-likeness (QED) is 0.418. The Bertz CT molecular complexity index is 1360. The van der Waals surface area contributed by atoms with Crippen molar-refractivity contribution in [1.82, 2.24) is 5.32 Å². The van der Waals surface area contributed by atoms with E-state index in [9.17, 15) is 23.9 Å². The number of amides is 2. The number of fused-ring (bicyclic) bond motifs is 1. The van der Waals surface area contributed by atoms with Crippen LogP contribution < -0.4 is 15.0 Å². The Morgan fingerprint density at radius 2 is 1.69 bits per heavy atom. The van der Waals surface area contributed by atoms with Crippen molar-refractivity contribution in [2.75, 3.05) is 19.1 Å². The lowest BCUT2D eigenvalue weighted by atomic mass is 9.75. The van der Waals surface area contributed by atoms with Crippen LogP contribution in [0.1, 0.15) is 17.2 Å². The van der Waals surface area contributed by atoms with E-state index in [0.29, 0.717) is 11.1 Å². The first-order valence-corrected chi connectivity index (χ1v) is 11.3. The van der Waals surface area contributed by atoms with Gasteiger partial charge in [-0.1, -0.05) is 48.5 Å². The Balaban J connectivity index is 1.75. The molecule has 5 rings (SSSR count). The van der Waals surface area contributed by atoms with Crippen molar-refractivity contribution < 1.29 is 33.4 Å². The maximum atomic E-state index is 14.8. The van der Waals surface area contributed by atoms with E-state index in [4.69, 9.17) is 9.47 Å². The van der Waals surface area contributed by atoms with Crippen LogP contribution in [0.25, 0.3) is 0 Å². The van der Waals surface area contributed by atoms with Crippen LogP contribution >= 0.6 is 0 Å². The molecule has 4 atom stereocenters. The number of hydrogen-bond acceptors (Lipinski definition) is 7. The molecule has 0 aliphatic carbocycles. The number of methoxy groups -OCH3 is 2. The Morgan fingerprint density at radius 3 is 2.36 bits per heavy atom. The number of phenolic OH excluding ortho intramolecular Hbond substituents is 1. The van der Waals surface area contributed by atoms with E-state index < -0.39 is 47.0 Å². The van der Waals surface area contributed by atoms with Gasteiger partial charge in [0.25, 0.3) is 0 Å². The first-order valence-electron chi connectivity index (χ1n) is 11.3. The number of ether oxygens (including phenoxy) is 2. The van der Waals surface area contributed by atoms with Gasteiger partial charge in [0.15, 0.2) is 17.0 Å². The number of imide groups is 1. The van der Waals surface area contributed by atoms with Crippen LogP contribution in [0.4, 0.5) is 10.1 Å². The number of carbonyl (C=O) groups is 3. The molecule has 2 amide bonds. The standard InChI is InChI=1S/C27H23FN2O6/c1-35-20-14-15(12-13-19(20)31)23-21-22(25(33)30(24(21)32)18-11-7-6-10-17(18)28)27(29-23,26(34)36-2)16-8-4-3-5-9-16/h3-14,21-23,29,31H,1-2H3/t21-,22+,23+,27+/m1/s1. The molecule has 2 N–H and O–H groups in total. The lowest BCUT2D eigenvalue weighted by molar-refractivity contribution is -0.152. The van der Waals surface area contributed by atoms with Gasteiger partial charge in [-0.05, 0) is 35.4 Å². The number of hydrogen-bond donors (Lipinski definition) is 2. The molecule has 184 valence electrons. The Morgan fingerprint density at radius 1 is 1.00 bits per heavy atom. The van der Waals surface area contributed by atoms with E-state index in [-0.39, 0.29) is 17.2 Å². The van der Waals surface area contributed by atoms with Crippen LogP contribution in [0.2, 0.25) is 0 Å². The smallest absolute Gasteiger partial charge is 0.331 e. The minimum absolute atomic E-state index is 0.111. The number of benzene rings is 3. The van der Waals surface area contributed by atoms with Crippen molar-refractivity contribution in [2.24, 2.45) is 11.8 Å². The third-order valence-electron chi connectivity index (χ3n) is 6.95. The van der Waals surface area contributed by atoms with Gasteiger partial charge in [0.2, 0.25) is 11.8 Å². The second-order valence-electron chi connectivity index (χ2n) is 8.69. The van der Waals surface area contributed by atoms with Crippen LogP contribution in [0.3, 0.4) is 0 Å². The fraction of sp³-hybridized carbons (Fsp3) is 0.222. The van der Waals surface area contributed by atoms with E-state index in [1.807, 2.05) is 0 Å². The predicted molar refractivity (Wildman–Crippen MR) is 127 cm³/mol. The number of carbonyl (C=O) groups excluding carboxylic acids is 3. The van der Waals surface area contributed by atoms with Gasteiger partial charge in [0, 0.05) is 6.04 Å². The zero-order valence-electron chi connectivity index (χ0n) is 19.5. The summed E-state index contributed by atoms with van der Waals surface area (Å²) in [5, 5.41) is 13.3. The molecule has 2 heterocycles. The van der Waals surface area contributed by atoms with E-state index in [1.165, 1.54) is 44.6 Å². The topological polar surface area (TPSA) is 105 Å². The normalized spacial score (nSPS) is 25.1. The van der Waals surface area contributed by atoms with Gasteiger partial charge in [0.1, 0.15) is 5.82 Å². The molecule has 3 aromatic carbocycles. The summed E-state index contributed by atoms with van der Waals surface area (Å²) in [6.07, 6.45) is 0. The summed E-state index contributed by atoms with van der Waals surface area (Å²) in [7, 11) is 2.59. The number of halogens is 1. The maximum absolute atomic E-state index is 14.8. The minimum Gasteiger partial charge on any atom is -0.504 e. The summed E-state index contributed by atoms with van der Waals surface area (Å²) in [4.78, 5) is 42.1. The van der Waals surface area contributed by atoms with Crippen LogP contribution in [-0.4, -0.2) is 37.1 Å². The van der Waals surface area contributed by atoms with Crippen LogP contribution in [0, 0.1) is 17.7 Å². The maximum Gasteiger partial charge on any atom is 0.331 e. The zero-order chi connectivity index (χ0) is 25.6. The molecule has 36 heavy (non-hydrogen) atoms. The zero-order valence-corrected chi connectivity index (χ0v) is 19.5. The molecule has 2 fully saturated rings. The van der Waals surface area contributed by atoms with Crippen molar-refractivity contribution in [3.05, 3.63) is 89.7 Å². The van der Waals surface area contributed by atoms with Crippen LogP contribution in [0.15, 0.2) is 72.8 Å². The van der Waals surface area contributed by atoms with Crippen molar-refractivity contribution in [3.8, 4) is 11.5 Å². The molecule has 3 aromatic rings. The highest BCUT2D eigenvalue weighted by molar-refractivity contribution is 6.24. The fourth-order valence-corrected chi connectivity index (χ4v) is 5.38. The second-order valence-corrected chi connectivity index (χ2v) is 8.69. The van der Waals surface area contributed by atoms with Gasteiger partial charge in [-0.15, -0.1) is 0 Å². The Labute approximate surface area is 206 Å². The van der Waals surface area contributed by atoms with Gasteiger partial charge < -0.3 is 14.6 Å². The molecule has 0 saturated carbocycles. The summed E-state index contributed by atoms with van der Waals surface area (Å²) in [6.45, 7) is 0. The lowest BCUT2D eigenvalue weighted by Gasteiger charge is -2.33. The molecule has 0 spiro atoms. The van der Waals surface area contributed by atoms with Crippen molar-refractivity contribution >= 4 is 23.5 Å². The predicted octanol–water partition coefficient (Wildman–Crippen LogP) is 3.06. The summed E-state index contributed by atoms with van der Waals surface area (Å²) in [5.41, 5.74) is -0.992. The van der Waals surface area contributed by atoms with E-state index in [2.05, 4.69) is 5.32 Å². The van der Waals surface area contributed by atoms with Crippen molar-refractivity contribution in [3.63, 3.8) is 0 Å². The van der Waals surface area contributed by atoms with Crippen molar-refractivity contribution in [2.45, 2.75) is 11.6 Å². The molecular weight excluding hydrogens is 467 g/mol. The molecule has 2 aliphatic rings. The monoisotopic (exact) mass is 490 g/mol.